The smallest absolute Gasteiger partial charge is 0.258 e. The second kappa shape index (κ2) is 5.95. The Morgan fingerprint density at radius 2 is 2.26 bits per heavy atom. The molecule has 0 aromatic carbocycles. The molecule has 7 nitrogen and oxygen atoms in total. The van der Waals surface area contributed by atoms with Crippen molar-refractivity contribution in [2.24, 2.45) is 0 Å². The van der Waals surface area contributed by atoms with Crippen LogP contribution in [0.5, 0.6) is 0 Å². The van der Waals surface area contributed by atoms with E-state index in [-0.39, 0.29) is 17.9 Å². The molecule has 102 valence electrons. The monoisotopic (exact) mass is 303 g/mol. The molecular formula is C10H10ClN3O4S. The third-order valence-corrected chi connectivity index (χ3v) is 4.86. The lowest BCUT2D eigenvalue weighted by Crippen LogP contribution is -2.21. The Labute approximate surface area is 114 Å². The normalized spacial score (nSPS) is 12.7. The molecule has 0 amide bonds. The molecule has 0 aliphatic rings. The van der Waals surface area contributed by atoms with Gasteiger partial charge in [-0.1, -0.05) is 0 Å². The van der Waals surface area contributed by atoms with Crippen LogP contribution in [0.3, 0.4) is 0 Å². The summed E-state index contributed by atoms with van der Waals surface area (Å²) in [7, 11) is -3.83. The van der Waals surface area contributed by atoms with Crippen molar-refractivity contribution in [2.45, 2.75) is 23.6 Å². The number of alkyl halides is 1. The Kier molecular flexibility index (Phi) is 4.80. The van der Waals surface area contributed by atoms with Crippen molar-refractivity contribution in [1.29, 1.82) is 5.26 Å². The number of hydrogen-bond donors (Lipinski definition) is 0. The summed E-state index contributed by atoms with van der Waals surface area (Å²) in [6.45, 7) is 1.45. The van der Waals surface area contributed by atoms with Crippen LogP contribution < -0.4 is 0 Å². The zero-order chi connectivity index (χ0) is 14.6. The lowest BCUT2D eigenvalue weighted by atomic mass is 10.3. The predicted molar refractivity (Wildman–Crippen MR) is 67.6 cm³/mol. The molecule has 0 aliphatic heterocycles. The quantitative estimate of drug-likeness (QED) is 0.464. The first-order chi connectivity index (χ1) is 8.84. The summed E-state index contributed by atoms with van der Waals surface area (Å²) in [5, 5.41) is 18.2. The van der Waals surface area contributed by atoms with E-state index in [9.17, 15) is 18.5 Å². The second-order valence-corrected chi connectivity index (χ2v) is 6.41. The molecule has 1 unspecified atom stereocenters. The maximum absolute atomic E-state index is 12.1. The zero-order valence-electron chi connectivity index (χ0n) is 9.91. The van der Waals surface area contributed by atoms with Crippen molar-refractivity contribution < 1.29 is 13.3 Å². The Hall–Kier alpha value is -1.72. The maximum atomic E-state index is 12.1. The van der Waals surface area contributed by atoms with Crippen LogP contribution in [-0.4, -0.2) is 29.5 Å². The topological polar surface area (TPSA) is 114 Å². The van der Waals surface area contributed by atoms with Gasteiger partial charge in [-0.05, 0) is 13.3 Å². The number of sulfone groups is 1. The highest BCUT2D eigenvalue weighted by Gasteiger charge is 2.28. The first kappa shape index (κ1) is 15.3. The first-order valence-electron chi connectivity index (χ1n) is 5.19. The molecule has 0 fully saturated rings. The zero-order valence-corrected chi connectivity index (χ0v) is 11.5. The number of rotatable bonds is 5. The summed E-state index contributed by atoms with van der Waals surface area (Å²) in [4.78, 5) is 13.4. The fourth-order valence-electron chi connectivity index (χ4n) is 1.35. The van der Waals surface area contributed by atoms with Crippen LogP contribution in [0.4, 0.5) is 5.69 Å². The van der Waals surface area contributed by atoms with Gasteiger partial charge in [-0.3, -0.25) is 10.1 Å². The van der Waals surface area contributed by atoms with E-state index < -0.39 is 30.7 Å². The summed E-state index contributed by atoms with van der Waals surface area (Å²) in [6, 6.07) is 2.51. The Balaban J connectivity index is 3.36. The minimum atomic E-state index is -3.83. The molecule has 9 heteroatoms. The summed E-state index contributed by atoms with van der Waals surface area (Å²) in [5.41, 5.74) is -0.767. The lowest BCUT2D eigenvalue weighted by Gasteiger charge is -2.11. The van der Waals surface area contributed by atoms with Crippen LogP contribution in [0.2, 0.25) is 0 Å². The van der Waals surface area contributed by atoms with Gasteiger partial charge < -0.3 is 0 Å². The molecule has 19 heavy (non-hydrogen) atoms. The molecular weight excluding hydrogens is 294 g/mol. The SMILES string of the molecule is CC(CCCl)S(=O)(=O)c1ncc([N+](=O)[O-])cc1C#N. The van der Waals surface area contributed by atoms with Gasteiger partial charge >= 0.3 is 0 Å². The molecule has 0 radical (unpaired) electrons. The fourth-order valence-corrected chi connectivity index (χ4v) is 3.22. The summed E-state index contributed by atoms with van der Waals surface area (Å²) in [6.07, 6.45) is 1.02. The van der Waals surface area contributed by atoms with Gasteiger partial charge in [0.2, 0.25) is 0 Å². The van der Waals surface area contributed by atoms with E-state index in [0.717, 1.165) is 12.3 Å². The summed E-state index contributed by atoms with van der Waals surface area (Å²) >= 11 is 5.49. The molecule has 1 heterocycles. The molecule has 0 N–H and O–H groups in total. The van der Waals surface area contributed by atoms with Crippen LogP contribution >= 0.6 is 11.6 Å². The average molecular weight is 304 g/mol. The molecule has 0 saturated carbocycles. The van der Waals surface area contributed by atoms with E-state index in [2.05, 4.69) is 4.98 Å². The Bertz CT molecular complexity index is 639. The lowest BCUT2D eigenvalue weighted by molar-refractivity contribution is -0.385. The standard InChI is InChI=1S/C10H10ClN3O4S/c1-7(2-3-11)19(17,18)10-8(5-12)4-9(6-13-10)14(15)16/h4,6-7H,2-3H2,1H3. The van der Waals surface area contributed by atoms with Crippen molar-refractivity contribution >= 4 is 27.1 Å². The highest BCUT2D eigenvalue weighted by Crippen LogP contribution is 2.23. The number of nitro groups is 1. The van der Waals surface area contributed by atoms with Gasteiger partial charge in [0.15, 0.2) is 14.9 Å². The van der Waals surface area contributed by atoms with E-state index in [4.69, 9.17) is 16.9 Å². The number of nitriles is 1. The van der Waals surface area contributed by atoms with Crippen molar-refractivity contribution in [2.75, 3.05) is 5.88 Å². The number of nitrogens with zero attached hydrogens (tertiary/aromatic N) is 3. The van der Waals surface area contributed by atoms with Crippen molar-refractivity contribution in [3.63, 3.8) is 0 Å². The molecule has 0 aliphatic carbocycles. The number of aromatic nitrogens is 1. The minimum Gasteiger partial charge on any atom is -0.258 e. The van der Waals surface area contributed by atoms with Gasteiger partial charge in [0.05, 0.1) is 15.7 Å². The van der Waals surface area contributed by atoms with E-state index >= 15 is 0 Å². The Morgan fingerprint density at radius 1 is 1.63 bits per heavy atom. The third-order valence-electron chi connectivity index (χ3n) is 2.48. The van der Waals surface area contributed by atoms with Gasteiger partial charge in [-0.25, -0.2) is 13.4 Å². The predicted octanol–water partition coefficient (Wildman–Crippen LogP) is 1.65. The molecule has 1 aromatic heterocycles. The van der Waals surface area contributed by atoms with Gasteiger partial charge in [0.25, 0.3) is 5.69 Å². The molecule has 1 rings (SSSR count). The highest BCUT2D eigenvalue weighted by molar-refractivity contribution is 7.92. The number of hydrogen-bond acceptors (Lipinski definition) is 6. The van der Waals surface area contributed by atoms with Gasteiger partial charge in [0.1, 0.15) is 12.3 Å². The van der Waals surface area contributed by atoms with Crippen LogP contribution in [0.1, 0.15) is 18.9 Å². The molecule has 0 spiro atoms. The van der Waals surface area contributed by atoms with Crippen LogP contribution in [0.25, 0.3) is 0 Å². The van der Waals surface area contributed by atoms with Gasteiger partial charge in [0, 0.05) is 11.9 Å². The molecule has 0 bridgehead atoms. The highest BCUT2D eigenvalue weighted by atomic mass is 35.5. The summed E-state index contributed by atoms with van der Waals surface area (Å²) < 4.78 is 24.3. The maximum Gasteiger partial charge on any atom is 0.288 e. The first-order valence-corrected chi connectivity index (χ1v) is 7.27. The average Bonchev–Trinajstić information content (AvgIpc) is 2.38. The fraction of sp³-hybridized carbons (Fsp3) is 0.400. The molecule has 1 aromatic rings. The molecule has 1 atom stereocenters. The molecule has 0 saturated heterocycles. The minimum absolute atomic E-state index is 0.148. The van der Waals surface area contributed by atoms with E-state index in [1.165, 1.54) is 6.92 Å². The van der Waals surface area contributed by atoms with E-state index in [1.54, 1.807) is 6.07 Å². The van der Waals surface area contributed by atoms with Crippen LogP contribution in [0, 0.1) is 21.4 Å². The van der Waals surface area contributed by atoms with E-state index in [1.807, 2.05) is 0 Å². The summed E-state index contributed by atoms with van der Waals surface area (Å²) in [5.74, 6) is 0.148. The van der Waals surface area contributed by atoms with Crippen molar-refractivity contribution in [1.82, 2.24) is 4.98 Å². The number of pyridine rings is 1. The Morgan fingerprint density at radius 3 is 2.74 bits per heavy atom. The largest absolute Gasteiger partial charge is 0.288 e. The van der Waals surface area contributed by atoms with Crippen molar-refractivity contribution in [3.05, 3.63) is 27.9 Å². The van der Waals surface area contributed by atoms with Gasteiger partial charge in [-0.2, -0.15) is 5.26 Å². The van der Waals surface area contributed by atoms with Gasteiger partial charge in [-0.15, -0.1) is 11.6 Å². The van der Waals surface area contributed by atoms with Crippen LogP contribution in [-0.2, 0) is 9.84 Å². The van der Waals surface area contributed by atoms with E-state index in [0.29, 0.717) is 0 Å². The second-order valence-electron chi connectivity index (χ2n) is 3.75. The van der Waals surface area contributed by atoms with Crippen molar-refractivity contribution in [3.8, 4) is 6.07 Å². The van der Waals surface area contributed by atoms with Crippen LogP contribution in [0.15, 0.2) is 17.3 Å². The number of halogens is 1. The third kappa shape index (κ3) is 3.19.